The van der Waals surface area contributed by atoms with Crippen molar-refractivity contribution in [3.05, 3.63) is 60.0 Å². The van der Waals surface area contributed by atoms with E-state index in [1.54, 1.807) is 24.3 Å². The van der Waals surface area contributed by atoms with E-state index >= 15 is 4.39 Å². The lowest BCUT2D eigenvalue weighted by Gasteiger charge is -2.37. The maximum absolute atomic E-state index is 15.2. The minimum atomic E-state index is -2.25. The second-order valence-electron chi connectivity index (χ2n) is 9.59. The Morgan fingerprint density at radius 1 is 1.09 bits per heavy atom. The first-order valence-corrected chi connectivity index (χ1v) is 13.9. The Hall–Kier alpha value is -3.60. The molecule has 4 rings (SSSR count). The predicted molar refractivity (Wildman–Crippen MR) is 129 cm³/mol. The van der Waals surface area contributed by atoms with Crippen LogP contribution in [0.5, 0.6) is 11.6 Å². The summed E-state index contributed by atoms with van der Waals surface area (Å²) >= 11 is 0. The normalized spacial score (nSPS) is 12.1. The van der Waals surface area contributed by atoms with Crippen molar-refractivity contribution in [1.82, 2.24) is 24.9 Å². The van der Waals surface area contributed by atoms with Crippen LogP contribution in [0.25, 0.3) is 22.9 Å². The summed E-state index contributed by atoms with van der Waals surface area (Å²) in [6.45, 7) is 10.6. The van der Waals surface area contributed by atoms with Crippen LogP contribution in [-0.4, -0.2) is 40.3 Å². The molecule has 0 spiro atoms. The number of hydrogen-bond acceptors (Lipinski definition) is 7. The van der Waals surface area contributed by atoms with E-state index in [1.165, 1.54) is 24.1 Å². The van der Waals surface area contributed by atoms with Crippen LogP contribution in [-0.2, 0) is 6.54 Å². The fourth-order valence-electron chi connectivity index (χ4n) is 3.17. The van der Waals surface area contributed by atoms with Crippen molar-refractivity contribution in [3.63, 3.8) is 0 Å². The van der Waals surface area contributed by atoms with Gasteiger partial charge in [0.25, 0.3) is 5.88 Å². The van der Waals surface area contributed by atoms with Crippen LogP contribution in [0.3, 0.4) is 0 Å². The SMILES string of the molecule is COc1nc(-c2cc(-c3ccon3)nn2Cc2c(F)cccc2O[Si](C)(C)C(C)(C)C)ncc1F. The Morgan fingerprint density at radius 3 is 2.51 bits per heavy atom. The Bertz CT molecular complexity index is 1330. The summed E-state index contributed by atoms with van der Waals surface area (Å²) in [5.41, 5.74) is 1.69. The molecule has 0 unspecified atom stereocenters. The predicted octanol–water partition coefficient (Wildman–Crippen LogP) is 5.71. The van der Waals surface area contributed by atoms with E-state index in [9.17, 15) is 4.39 Å². The standard InChI is InChI=1S/C24H27F2N5O3Si/c1-24(2,3)35(5,6)34-21-9-7-8-16(25)15(21)14-31-20(12-19(29-31)18-10-11-33-30-18)22-27-13-17(26)23(28-22)32-4/h7-13H,14H2,1-6H3. The molecule has 0 saturated carbocycles. The lowest BCUT2D eigenvalue weighted by atomic mass is 10.2. The van der Waals surface area contributed by atoms with E-state index in [-0.39, 0.29) is 23.3 Å². The van der Waals surface area contributed by atoms with Gasteiger partial charge in [-0.1, -0.05) is 32.0 Å². The molecule has 35 heavy (non-hydrogen) atoms. The van der Waals surface area contributed by atoms with E-state index in [0.29, 0.717) is 28.4 Å². The Kier molecular flexibility index (Phi) is 6.45. The maximum Gasteiger partial charge on any atom is 0.253 e. The molecule has 0 aliphatic carbocycles. The van der Waals surface area contributed by atoms with E-state index in [2.05, 4.69) is 54.1 Å². The molecule has 0 aliphatic rings. The molecule has 0 amide bonds. The van der Waals surface area contributed by atoms with E-state index in [4.69, 9.17) is 13.7 Å². The van der Waals surface area contributed by atoms with Gasteiger partial charge in [0.05, 0.1) is 19.9 Å². The van der Waals surface area contributed by atoms with Crippen LogP contribution >= 0.6 is 0 Å². The van der Waals surface area contributed by atoms with Gasteiger partial charge in [-0.25, -0.2) is 9.37 Å². The van der Waals surface area contributed by atoms with E-state index in [1.807, 2.05) is 0 Å². The Labute approximate surface area is 203 Å². The first-order valence-electron chi connectivity index (χ1n) is 11.0. The number of methoxy groups -OCH3 is 1. The molecule has 0 aliphatic heterocycles. The molecule has 0 atom stereocenters. The molecule has 8 nitrogen and oxygen atoms in total. The average Bonchev–Trinajstić information content (AvgIpc) is 3.46. The summed E-state index contributed by atoms with van der Waals surface area (Å²) in [7, 11) is -0.937. The van der Waals surface area contributed by atoms with Crippen molar-refractivity contribution in [1.29, 1.82) is 0 Å². The van der Waals surface area contributed by atoms with Crippen LogP contribution < -0.4 is 9.16 Å². The van der Waals surface area contributed by atoms with Gasteiger partial charge in [-0.3, -0.25) is 4.68 Å². The van der Waals surface area contributed by atoms with E-state index in [0.717, 1.165) is 6.20 Å². The molecular formula is C24H27F2N5O3Si. The van der Waals surface area contributed by atoms with Crippen LogP contribution in [0.4, 0.5) is 8.78 Å². The number of aromatic nitrogens is 5. The van der Waals surface area contributed by atoms with Gasteiger partial charge in [-0.15, -0.1) is 0 Å². The van der Waals surface area contributed by atoms with Crippen LogP contribution in [0.2, 0.25) is 18.1 Å². The van der Waals surface area contributed by atoms with Crippen molar-refractivity contribution in [2.24, 2.45) is 0 Å². The van der Waals surface area contributed by atoms with Crippen molar-refractivity contribution in [2.75, 3.05) is 7.11 Å². The second kappa shape index (κ2) is 9.21. The number of hydrogen-bond donors (Lipinski definition) is 0. The van der Waals surface area contributed by atoms with Crippen molar-refractivity contribution in [3.8, 4) is 34.5 Å². The van der Waals surface area contributed by atoms with Gasteiger partial charge < -0.3 is 13.7 Å². The first kappa shape index (κ1) is 24.5. The summed E-state index contributed by atoms with van der Waals surface area (Å²) in [5, 5.41) is 8.45. The monoisotopic (exact) mass is 499 g/mol. The summed E-state index contributed by atoms with van der Waals surface area (Å²) in [4.78, 5) is 8.27. The quantitative estimate of drug-likeness (QED) is 0.301. The molecule has 3 aromatic heterocycles. The molecule has 0 bridgehead atoms. The summed E-state index contributed by atoms with van der Waals surface area (Å²) in [5.74, 6) is -0.715. The summed E-state index contributed by atoms with van der Waals surface area (Å²) in [6.07, 6.45) is 2.44. The van der Waals surface area contributed by atoms with Crippen molar-refractivity contribution in [2.45, 2.75) is 45.4 Å². The number of halogens is 2. The number of ether oxygens (including phenoxy) is 1. The molecule has 0 N–H and O–H groups in total. The zero-order valence-electron chi connectivity index (χ0n) is 20.5. The largest absolute Gasteiger partial charge is 0.543 e. The number of nitrogens with zero attached hydrogens (tertiary/aromatic N) is 5. The highest BCUT2D eigenvalue weighted by atomic mass is 28.4. The van der Waals surface area contributed by atoms with Gasteiger partial charge in [0.15, 0.2) is 5.82 Å². The lowest BCUT2D eigenvalue weighted by Crippen LogP contribution is -2.44. The number of rotatable bonds is 7. The van der Waals surface area contributed by atoms with Gasteiger partial charge in [0.2, 0.25) is 14.1 Å². The van der Waals surface area contributed by atoms with Crippen LogP contribution in [0.15, 0.2) is 47.3 Å². The van der Waals surface area contributed by atoms with Gasteiger partial charge in [-0.2, -0.15) is 14.5 Å². The second-order valence-corrected chi connectivity index (χ2v) is 14.3. The smallest absolute Gasteiger partial charge is 0.253 e. The highest BCUT2D eigenvalue weighted by Gasteiger charge is 2.39. The highest BCUT2D eigenvalue weighted by Crippen LogP contribution is 2.39. The zero-order chi connectivity index (χ0) is 25.4. The topological polar surface area (TPSA) is 88.1 Å². The minimum Gasteiger partial charge on any atom is -0.543 e. The molecule has 0 saturated heterocycles. The molecule has 0 fully saturated rings. The summed E-state index contributed by atoms with van der Waals surface area (Å²) < 4.78 is 47.1. The van der Waals surface area contributed by atoms with Crippen molar-refractivity contribution >= 4 is 8.32 Å². The van der Waals surface area contributed by atoms with Gasteiger partial charge in [-0.05, 0) is 36.3 Å². The van der Waals surface area contributed by atoms with Crippen molar-refractivity contribution < 1.29 is 22.5 Å². The van der Waals surface area contributed by atoms with Gasteiger partial charge >= 0.3 is 0 Å². The third-order valence-electron chi connectivity index (χ3n) is 6.17. The minimum absolute atomic E-state index is 0.0207. The average molecular weight is 500 g/mol. The Morgan fingerprint density at radius 2 is 1.86 bits per heavy atom. The molecule has 0 radical (unpaired) electrons. The fourth-order valence-corrected chi connectivity index (χ4v) is 4.22. The molecule has 4 aromatic rings. The van der Waals surface area contributed by atoms with E-state index < -0.39 is 20.0 Å². The zero-order valence-corrected chi connectivity index (χ0v) is 21.5. The number of benzene rings is 1. The Balaban J connectivity index is 1.81. The summed E-state index contributed by atoms with van der Waals surface area (Å²) in [6, 6.07) is 8.10. The maximum atomic E-state index is 15.2. The first-order chi connectivity index (χ1) is 16.5. The third kappa shape index (κ3) is 4.95. The molecule has 3 heterocycles. The molecule has 184 valence electrons. The third-order valence-corrected chi connectivity index (χ3v) is 10.5. The fraction of sp³-hybridized carbons (Fsp3) is 0.333. The molecular weight excluding hydrogens is 472 g/mol. The highest BCUT2D eigenvalue weighted by molar-refractivity contribution is 6.74. The van der Waals surface area contributed by atoms with Crippen LogP contribution in [0, 0.1) is 11.6 Å². The lowest BCUT2D eigenvalue weighted by molar-refractivity contribution is 0.367. The van der Waals surface area contributed by atoms with Gasteiger partial charge in [0.1, 0.15) is 34.9 Å². The molecule has 11 heteroatoms. The van der Waals surface area contributed by atoms with Crippen LogP contribution in [0.1, 0.15) is 26.3 Å². The molecule has 1 aromatic carbocycles. The van der Waals surface area contributed by atoms with Gasteiger partial charge in [0, 0.05) is 11.6 Å².